The van der Waals surface area contributed by atoms with Gasteiger partial charge < -0.3 is 14.4 Å². The number of hydrogen-bond donors (Lipinski definition) is 2. The van der Waals surface area contributed by atoms with Crippen molar-refractivity contribution >= 4 is 36.9 Å². The fraction of sp³-hybridized carbons (Fsp3) is 0.522. The van der Waals surface area contributed by atoms with Crippen molar-refractivity contribution in [2.45, 2.75) is 62.7 Å². The molecule has 1 aliphatic carbocycles. The Hall–Kier alpha value is -1.94. The highest BCUT2D eigenvalue weighted by Crippen LogP contribution is 2.52. The van der Waals surface area contributed by atoms with Crippen molar-refractivity contribution in [2.75, 3.05) is 6.61 Å². The van der Waals surface area contributed by atoms with Crippen LogP contribution in [0.25, 0.3) is 0 Å². The van der Waals surface area contributed by atoms with Gasteiger partial charge in [0, 0.05) is 17.8 Å². The van der Waals surface area contributed by atoms with Crippen LogP contribution in [-0.2, 0) is 18.6 Å². The average Bonchev–Trinajstić information content (AvgIpc) is 3.01. The second kappa shape index (κ2) is 11.6. The van der Waals surface area contributed by atoms with Gasteiger partial charge in [-0.1, -0.05) is 41.4 Å². The Bertz CT molecular complexity index is 1160. The first-order valence-corrected chi connectivity index (χ1v) is 13.7. The minimum absolute atomic E-state index is 0.134. The number of aliphatic hydroxyl groups is 1. The Labute approximate surface area is 219 Å². The third kappa shape index (κ3) is 6.88. The molecule has 198 valence electrons. The number of carbonyl (C=O) groups is 1. The molecule has 1 aliphatic rings. The summed E-state index contributed by atoms with van der Waals surface area (Å²) in [6, 6.07) is 8.07. The molecule has 36 heavy (non-hydrogen) atoms. The third-order valence-corrected chi connectivity index (χ3v) is 8.20. The van der Waals surface area contributed by atoms with Crippen LogP contribution in [0, 0.1) is 12.8 Å². The van der Waals surface area contributed by atoms with E-state index in [4.69, 9.17) is 37.0 Å². The smallest absolute Gasteiger partial charge is 0.459 e. The summed E-state index contributed by atoms with van der Waals surface area (Å²) in [4.78, 5) is 28.6. The molecule has 2 aromatic rings. The lowest BCUT2D eigenvalue weighted by Gasteiger charge is -2.27. The Morgan fingerprint density at radius 2 is 1.94 bits per heavy atom. The summed E-state index contributed by atoms with van der Waals surface area (Å²) in [6.45, 7) is 6.23. The van der Waals surface area contributed by atoms with Crippen molar-refractivity contribution < 1.29 is 28.3 Å². The zero-order valence-electron chi connectivity index (χ0n) is 20.3. The van der Waals surface area contributed by atoms with Crippen LogP contribution >= 0.6 is 30.9 Å². The molecule has 5 atom stereocenters. The first-order chi connectivity index (χ1) is 16.8. The monoisotopic (exact) mass is 561 g/mol. The standard InChI is InChI=1S/C23H30Cl2N3O7P/c1-14(2)34-21(30)16(4)27-36(32,35-18-8-6-5-7-9-18)33-13-17-12-19(23(24,25)20(17)29)28-11-10-15(3)26-22(28)31/h5-11,14,16-17,19-20,29H,12-13H2,1-4H3,(H,27,32)/t16-,17-,19-,20-,36?/m1/s1. The number of esters is 1. The van der Waals surface area contributed by atoms with Crippen molar-refractivity contribution in [3.05, 3.63) is 58.8 Å². The minimum atomic E-state index is -4.15. The summed E-state index contributed by atoms with van der Waals surface area (Å²) in [5.74, 6) is -1.12. The number of nitrogens with zero attached hydrogens (tertiary/aromatic N) is 2. The summed E-state index contributed by atoms with van der Waals surface area (Å²) < 4.78 is 29.7. The lowest BCUT2D eigenvalue weighted by molar-refractivity contribution is -0.149. The molecule has 0 bridgehead atoms. The van der Waals surface area contributed by atoms with Crippen LogP contribution in [0.2, 0.25) is 0 Å². The lowest BCUT2D eigenvalue weighted by atomic mass is 10.1. The molecule has 13 heteroatoms. The van der Waals surface area contributed by atoms with E-state index >= 15 is 0 Å². The number of nitrogens with one attached hydrogen (secondary N) is 1. The van der Waals surface area contributed by atoms with Gasteiger partial charge in [0.25, 0.3) is 0 Å². The molecule has 2 N–H and O–H groups in total. The van der Waals surface area contributed by atoms with Gasteiger partial charge in [-0.15, -0.1) is 0 Å². The molecule has 1 aromatic heterocycles. The van der Waals surface area contributed by atoms with Crippen molar-refractivity contribution in [3.8, 4) is 5.75 Å². The Balaban J connectivity index is 1.79. The molecule has 1 saturated carbocycles. The van der Waals surface area contributed by atoms with E-state index in [9.17, 15) is 19.3 Å². The van der Waals surface area contributed by atoms with Gasteiger partial charge >= 0.3 is 19.4 Å². The van der Waals surface area contributed by atoms with Crippen LogP contribution < -0.4 is 15.3 Å². The van der Waals surface area contributed by atoms with Gasteiger partial charge in [0.2, 0.25) is 0 Å². The summed E-state index contributed by atoms with van der Waals surface area (Å²) in [6.07, 6.45) is -0.0530. The molecule has 0 radical (unpaired) electrons. The van der Waals surface area contributed by atoms with Crippen LogP contribution in [0.5, 0.6) is 5.75 Å². The fourth-order valence-electron chi connectivity index (χ4n) is 3.81. The largest absolute Gasteiger partial charge is 0.462 e. The second-order valence-electron chi connectivity index (χ2n) is 8.92. The topological polar surface area (TPSA) is 129 Å². The molecule has 3 rings (SSSR count). The predicted molar refractivity (Wildman–Crippen MR) is 135 cm³/mol. The number of aromatic nitrogens is 2. The highest BCUT2D eigenvalue weighted by molar-refractivity contribution is 7.52. The van der Waals surface area contributed by atoms with E-state index < -0.39 is 47.8 Å². The maximum absolute atomic E-state index is 13.7. The lowest BCUT2D eigenvalue weighted by Crippen LogP contribution is -2.39. The number of hydrogen-bond acceptors (Lipinski definition) is 8. The number of carbonyl (C=O) groups excluding carboxylic acids is 1. The number of benzene rings is 1. The third-order valence-electron chi connectivity index (χ3n) is 5.60. The molecule has 10 nitrogen and oxygen atoms in total. The van der Waals surface area contributed by atoms with E-state index in [1.165, 1.54) is 17.7 Å². The zero-order valence-corrected chi connectivity index (χ0v) is 22.7. The van der Waals surface area contributed by atoms with E-state index in [0.29, 0.717) is 5.69 Å². The normalized spacial score (nSPS) is 23.7. The Morgan fingerprint density at radius 1 is 1.28 bits per heavy atom. The van der Waals surface area contributed by atoms with Crippen LogP contribution in [0.1, 0.15) is 38.9 Å². The van der Waals surface area contributed by atoms with Crippen molar-refractivity contribution in [3.63, 3.8) is 0 Å². The summed E-state index contributed by atoms with van der Waals surface area (Å²) >= 11 is 12.9. The maximum Gasteiger partial charge on any atom is 0.459 e. The van der Waals surface area contributed by atoms with Crippen LogP contribution in [0.15, 0.2) is 47.4 Å². The Kier molecular flexibility index (Phi) is 9.25. The quantitative estimate of drug-likeness (QED) is 0.253. The molecule has 0 saturated heterocycles. The van der Waals surface area contributed by atoms with E-state index in [2.05, 4.69) is 10.1 Å². The van der Waals surface area contributed by atoms with E-state index in [-0.39, 0.29) is 24.9 Å². The number of ether oxygens (including phenoxy) is 1. The van der Waals surface area contributed by atoms with E-state index in [0.717, 1.165) is 0 Å². The van der Waals surface area contributed by atoms with Crippen molar-refractivity contribution in [1.82, 2.24) is 14.6 Å². The van der Waals surface area contributed by atoms with E-state index in [1.54, 1.807) is 57.2 Å². The Morgan fingerprint density at radius 3 is 2.56 bits per heavy atom. The van der Waals surface area contributed by atoms with Gasteiger partial charge in [0.15, 0.2) is 4.33 Å². The van der Waals surface area contributed by atoms with Crippen LogP contribution in [0.4, 0.5) is 0 Å². The van der Waals surface area contributed by atoms with Crippen molar-refractivity contribution in [2.24, 2.45) is 5.92 Å². The average molecular weight is 562 g/mol. The molecule has 0 spiro atoms. The first kappa shape index (κ1) is 28.6. The van der Waals surface area contributed by atoms with E-state index in [1.807, 2.05) is 0 Å². The zero-order chi connectivity index (χ0) is 26.7. The van der Waals surface area contributed by atoms with Gasteiger partial charge in [0.1, 0.15) is 11.8 Å². The van der Waals surface area contributed by atoms with Crippen molar-refractivity contribution in [1.29, 1.82) is 0 Å². The number of alkyl halides is 2. The molecule has 1 unspecified atom stereocenters. The molecule has 1 fully saturated rings. The highest BCUT2D eigenvalue weighted by atomic mass is 35.5. The maximum atomic E-state index is 13.7. The molecule has 0 aliphatic heterocycles. The predicted octanol–water partition coefficient (Wildman–Crippen LogP) is 3.78. The highest BCUT2D eigenvalue weighted by Gasteiger charge is 2.54. The summed E-state index contributed by atoms with van der Waals surface area (Å²) in [7, 11) is -4.15. The minimum Gasteiger partial charge on any atom is -0.462 e. The molecule has 1 aromatic carbocycles. The molecular formula is C23H30Cl2N3O7P. The van der Waals surface area contributed by atoms with Gasteiger partial charge in [-0.3, -0.25) is 13.9 Å². The van der Waals surface area contributed by atoms with Crippen LogP contribution in [-0.4, -0.2) is 49.8 Å². The number of para-hydroxylation sites is 1. The van der Waals surface area contributed by atoms with Gasteiger partial charge in [-0.05, 0) is 52.3 Å². The molecule has 0 amide bonds. The van der Waals surface area contributed by atoms with Gasteiger partial charge in [-0.25, -0.2) is 9.36 Å². The fourth-order valence-corrected chi connectivity index (χ4v) is 6.10. The SMILES string of the molecule is Cc1ccn([C@@H]2C[C@H](COP(=O)(N[C@H](C)C(=O)OC(C)C)Oc3ccccc3)[C@@H](O)C2(Cl)Cl)c(=O)n1. The van der Waals surface area contributed by atoms with Gasteiger partial charge in [-0.2, -0.15) is 10.1 Å². The molecular weight excluding hydrogens is 532 g/mol. The molecule has 1 heterocycles. The summed E-state index contributed by atoms with van der Waals surface area (Å²) in [5.41, 5.74) is -0.0312. The number of aliphatic hydroxyl groups excluding tert-OH is 1. The number of halogens is 2. The van der Waals surface area contributed by atoms with Gasteiger partial charge in [0.05, 0.1) is 24.9 Å². The second-order valence-corrected chi connectivity index (χ2v) is 12.1. The first-order valence-electron chi connectivity index (χ1n) is 11.4. The number of aryl methyl sites for hydroxylation is 1. The van der Waals surface area contributed by atoms with Crippen LogP contribution in [0.3, 0.4) is 0 Å². The summed E-state index contributed by atoms with van der Waals surface area (Å²) in [5, 5.41) is 13.4. The number of rotatable bonds is 10.